The topological polar surface area (TPSA) is 60.2 Å². The van der Waals surface area contributed by atoms with E-state index in [4.69, 9.17) is 10.6 Å². The molecule has 1 saturated carbocycles. The highest BCUT2D eigenvalue weighted by atomic mass is 16.5. The van der Waals surface area contributed by atoms with E-state index < -0.39 is 0 Å². The molecule has 1 atom stereocenters. The van der Waals surface area contributed by atoms with Crippen LogP contribution in [-0.2, 0) is 0 Å². The van der Waals surface area contributed by atoms with Gasteiger partial charge in [-0.15, -0.1) is 0 Å². The van der Waals surface area contributed by atoms with Crippen molar-refractivity contribution in [2.75, 3.05) is 7.11 Å². The Bertz CT molecular complexity index is 364. The van der Waals surface area contributed by atoms with Crippen LogP contribution in [0.1, 0.15) is 50.3 Å². The number of methoxy groups -OCH3 is 1. The zero-order valence-corrected chi connectivity index (χ0v) is 11.1. The second-order valence-corrected chi connectivity index (χ2v) is 5.05. The first kappa shape index (κ1) is 13.3. The fraction of sp³-hybridized carbons (Fsp3) is 0.643. The van der Waals surface area contributed by atoms with Crippen LogP contribution in [0.4, 0.5) is 0 Å². The second kappa shape index (κ2) is 6.71. The van der Waals surface area contributed by atoms with E-state index in [9.17, 15) is 0 Å². The summed E-state index contributed by atoms with van der Waals surface area (Å²) in [7, 11) is 1.68. The van der Waals surface area contributed by atoms with Gasteiger partial charge in [0.15, 0.2) is 0 Å². The molecule has 1 aliphatic rings. The zero-order chi connectivity index (χ0) is 12.8. The number of aromatic nitrogens is 1. The lowest BCUT2D eigenvalue weighted by Gasteiger charge is -2.26. The molecule has 2 rings (SSSR count). The van der Waals surface area contributed by atoms with E-state index in [-0.39, 0.29) is 6.04 Å². The molecule has 1 aliphatic carbocycles. The maximum atomic E-state index is 5.70. The lowest BCUT2D eigenvalue weighted by molar-refractivity contribution is 0.293. The molecule has 0 saturated heterocycles. The van der Waals surface area contributed by atoms with Gasteiger partial charge in [-0.2, -0.15) is 0 Å². The Hall–Kier alpha value is -1.13. The van der Waals surface area contributed by atoms with E-state index in [1.165, 1.54) is 32.1 Å². The molecule has 0 bridgehead atoms. The third kappa shape index (κ3) is 3.21. The van der Waals surface area contributed by atoms with Crippen LogP contribution in [0, 0.1) is 5.92 Å². The highest BCUT2D eigenvalue weighted by molar-refractivity contribution is 5.29. The summed E-state index contributed by atoms with van der Waals surface area (Å²) in [5, 5.41) is 0. The molecule has 1 heterocycles. The van der Waals surface area contributed by atoms with E-state index in [2.05, 4.69) is 10.4 Å². The summed E-state index contributed by atoms with van der Waals surface area (Å²) < 4.78 is 5.36. The molecule has 0 aliphatic heterocycles. The molecule has 0 radical (unpaired) electrons. The number of rotatable bonds is 5. The quantitative estimate of drug-likeness (QED) is 0.622. The minimum atomic E-state index is 0.0873. The van der Waals surface area contributed by atoms with E-state index in [1.54, 1.807) is 13.3 Å². The first-order valence-corrected chi connectivity index (χ1v) is 6.80. The number of ether oxygens (including phenoxy) is 1. The Balaban J connectivity index is 2.07. The number of pyridine rings is 1. The molecule has 0 spiro atoms. The highest BCUT2D eigenvalue weighted by Crippen LogP contribution is 2.33. The zero-order valence-electron chi connectivity index (χ0n) is 11.1. The van der Waals surface area contributed by atoms with Crippen molar-refractivity contribution in [3.8, 4) is 5.75 Å². The van der Waals surface area contributed by atoms with Crippen molar-refractivity contribution in [1.82, 2.24) is 10.4 Å². The molecule has 4 heteroatoms. The monoisotopic (exact) mass is 249 g/mol. The van der Waals surface area contributed by atoms with E-state index >= 15 is 0 Å². The Morgan fingerprint density at radius 2 is 2.22 bits per heavy atom. The van der Waals surface area contributed by atoms with Crippen molar-refractivity contribution in [2.45, 2.75) is 44.6 Å². The summed E-state index contributed by atoms with van der Waals surface area (Å²) in [6, 6.07) is 3.91. The maximum Gasteiger partial charge on any atom is 0.142 e. The molecule has 1 aromatic rings. The Labute approximate surface area is 109 Å². The number of nitrogens with one attached hydrogen (secondary N) is 1. The van der Waals surface area contributed by atoms with Gasteiger partial charge in [0.2, 0.25) is 0 Å². The second-order valence-electron chi connectivity index (χ2n) is 5.05. The number of hydrogen-bond acceptors (Lipinski definition) is 4. The van der Waals surface area contributed by atoms with Crippen LogP contribution in [0.5, 0.6) is 5.75 Å². The van der Waals surface area contributed by atoms with Gasteiger partial charge in [0.1, 0.15) is 11.4 Å². The SMILES string of the molecule is COc1cccnc1C(CC1CCCCC1)NN. The normalized spacial score (nSPS) is 18.6. The molecule has 18 heavy (non-hydrogen) atoms. The number of nitrogens with zero attached hydrogens (tertiary/aromatic N) is 1. The minimum Gasteiger partial charge on any atom is -0.495 e. The first-order valence-electron chi connectivity index (χ1n) is 6.80. The average Bonchev–Trinajstić information content (AvgIpc) is 2.46. The number of nitrogens with two attached hydrogens (primary N) is 1. The molecule has 1 unspecified atom stereocenters. The fourth-order valence-electron chi connectivity index (χ4n) is 2.85. The van der Waals surface area contributed by atoms with Gasteiger partial charge in [-0.3, -0.25) is 16.3 Å². The van der Waals surface area contributed by atoms with Gasteiger partial charge < -0.3 is 4.74 Å². The van der Waals surface area contributed by atoms with Crippen molar-refractivity contribution >= 4 is 0 Å². The van der Waals surface area contributed by atoms with Crippen molar-refractivity contribution in [3.05, 3.63) is 24.0 Å². The van der Waals surface area contributed by atoms with Crippen LogP contribution in [0.3, 0.4) is 0 Å². The summed E-state index contributed by atoms with van der Waals surface area (Å²) in [6.45, 7) is 0. The van der Waals surface area contributed by atoms with Gasteiger partial charge in [0.25, 0.3) is 0 Å². The third-order valence-electron chi connectivity index (χ3n) is 3.84. The van der Waals surface area contributed by atoms with Crippen LogP contribution in [0.25, 0.3) is 0 Å². The highest BCUT2D eigenvalue weighted by Gasteiger charge is 2.22. The van der Waals surface area contributed by atoms with Crippen molar-refractivity contribution < 1.29 is 4.74 Å². The van der Waals surface area contributed by atoms with Gasteiger partial charge in [-0.25, -0.2) is 0 Å². The fourth-order valence-corrected chi connectivity index (χ4v) is 2.85. The van der Waals surface area contributed by atoms with Gasteiger partial charge >= 0.3 is 0 Å². The summed E-state index contributed by atoms with van der Waals surface area (Å²) in [5.41, 5.74) is 3.82. The van der Waals surface area contributed by atoms with Gasteiger partial charge in [-0.05, 0) is 24.5 Å². The van der Waals surface area contributed by atoms with E-state index in [0.717, 1.165) is 23.8 Å². The van der Waals surface area contributed by atoms with Gasteiger partial charge in [0, 0.05) is 6.20 Å². The Morgan fingerprint density at radius 1 is 1.44 bits per heavy atom. The average molecular weight is 249 g/mol. The van der Waals surface area contributed by atoms with Crippen LogP contribution in [-0.4, -0.2) is 12.1 Å². The molecule has 100 valence electrons. The lowest BCUT2D eigenvalue weighted by Crippen LogP contribution is -2.31. The largest absolute Gasteiger partial charge is 0.495 e. The molecular weight excluding hydrogens is 226 g/mol. The van der Waals surface area contributed by atoms with E-state index in [0.29, 0.717) is 0 Å². The molecule has 1 aromatic heterocycles. The van der Waals surface area contributed by atoms with Gasteiger partial charge in [-0.1, -0.05) is 32.1 Å². The van der Waals surface area contributed by atoms with Crippen LogP contribution in [0.15, 0.2) is 18.3 Å². The molecule has 4 nitrogen and oxygen atoms in total. The predicted molar refractivity (Wildman–Crippen MR) is 72.0 cm³/mol. The smallest absolute Gasteiger partial charge is 0.142 e. The number of hydrazine groups is 1. The first-order chi connectivity index (χ1) is 8.85. The molecule has 0 amide bonds. The van der Waals surface area contributed by atoms with Crippen LogP contribution < -0.4 is 16.0 Å². The lowest BCUT2D eigenvalue weighted by atomic mass is 9.84. The van der Waals surface area contributed by atoms with Crippen molar-refractivity contribution in [1.29, 1.82) is 0 Å². The molecular formula is C14H23N3O. The maximum absolute atomic E-state index is 5.70. The summed E-state index contributed by atoms with van der Waals surface area (Å²) in [4.78, 5) is 4.42. The summed E-state index contributed by atoms with van der Waals surface area (Å²) >= 11 is 0. The van der Waals surface area contributed by atoms with E-state index in [1.807, 2.05) is 12.1 Å². The van der Waals surface area contributed by atoms with Gasteiger partial charge in [0.05, 0.1) is 13.2 Å². The Morgan fingerprint density at radius 3 is 2.89 bits per heavy atom. The number of hydrogen-bond donors (Lipinski definition) is 2. The standard InChI is InChI=1S/C14H23N3O/c1-18-13-8-5-9-16-14(13)12(17-15)10-11-6-3-2-4-7-11/h5,8-9,11-12,17H,2-4,6-7,10,15H2,1H3. The summed E-state index contributed by atoms with van der Waals surface area (Å²) in [5.74, 6) is 7.27. The van der Waals surface area contributed by atoms with Crippen molar-refractivity contribution in [3.63, 3.8) is 0 Å². The van der Waals surface area contributed by atoms with Crippen LogP contribution in [0.2, 0.25) is 0 Å². The molecule has 1 fully saturated rings. The molecule has 0 aromatic carbocycles. The summed E-state index contributed by atoms with van der Waals surface area (Å²) in [6.07, 6.45) is 9.54. The minimum absolute atomic E-state index is 0.0873. The molecule has 3 N–H and O–H groups in total. The Kier molecular flexibility index (Phi) is 4.96. The van der Waals surface area contributed by atoms with Crippen molar-refractivity contribution in [2.24, 2.45) is 11.8 Å². The van der Waals surface area contributed by atoms with Crippen LogP contribution >= 0.6 is 0 Å². The predicted octanol–water partition coefficient (Wildman–Crippen LogP) is 2.56. The third-order valence-corrected chi connectivity index (χ3v) is 3.84.